The summed E-state index contributed by atoms with van der Waals surface area (Å²) in [6.45, 7) is 4.12. The second-order valence-electron chi connectivity index (χ2n) is 6.46. The van der Waals surface area contributed by atoms with Crippen molar-refractivity contribution >= 4 is 17.4 Å². The second kappa shape index (κ2) is 8.62. The highest BCUT2D eigenvalue weighted by Crippen LogP contribution is 2.26. The first-order valence-corrected chi connectivity index (χ1v) is 8.86. The lowest BCUT2D eigenvalue weighted by atomic mass is 9.94. The summed E-state index contributed by atoms with van der Waals surface area (Å²) in [4.78, 5) is 20.9. The van der Waals surface area contributed by atoms with Crippen LogP contribution in [0.4, 0.5) is 11.5 Å². The predicted molar refractivity (Wildman–Crippen MR) is 102 cm³/mol. The summed E-state index contributed by atoms with van der Waals surface area (Å²) in [5, 5.41) is 9.30. The fourth-order valence-corrected chi connectivity index (χ4v) is 3.09. The van der Waals surface area contributed by atoms with E-state index < -0.39 is 0 Å². The molecule has 3 rings (SSSR count). The minimum atomic E-state index is -0.157. The zero-order chi connectivity index (χ0) is 18.4. The molecule has 7 nitrogen and oxygen atoms in total. The number of nitrogens with zero attached hydrogens (tertiary/aromatic N) is 2. The van der Waals surface area contributed by atoms with Gasteiger partial charge in [-0.15, -0.1) is 0 Å². The molecular formula is C19H25N5O2. The van der Waals surface area contributed by atoms with E-state index in [9.17, 15) is 4.79 Å². The van der Waals surface area contributed by atoms with E-state index in [0.29, 0.717) is 23.2 Å². The Hall–Kier alpha value is -2.67. The minimum absolute atomic E-state index is 0.125. The van der Waals surface area contributed by atoms with Gasteiger partial charge >= 0.3 is 0 Å². The number of aromatic nitrogens is 2. The van der Waals surface area contributed by atoms with Gasteiger partial charge in [0.15, 0.2) is 0 Å². The number of amides is 1. The quantitative estimate of drug-likeness (QED) is 0.737. The van der Waals surface area contributed by atoms with Crippen LogP contribution in [-0.4, -0.2) is 42.6 Å². The van der Waals surface area contributed by atoms with Crippen LogP contribution < -0.4 is 20.7 Å². The van der Waals surface area contributed by atoms with Crippen LogP contribution in [0.15, 0.2) is 30.6 Å². The van der Waals surface area contributed by atoms with Crippen LogP contribution in [0.3, 0.4) is 0 Å². The zero-order valence-electron chi connectivity index (χ0n) is 15.2. The molecule has 1 aliphatic heterocycles. The van der Waals surface area contributed by atoms with Crippen molar-refractivity contribution < 1.29 is 9.53 Å². The van der Waals surface area contributed by atoms with Crippen molar-refractivity contribution in [3.05, 3.63) is 41.9 Å². The molecule has 3 N–H and O–H groups in total. The third-order valence-corrected chi connectivity index (χ3v) is 4.50. The Morgan fingerprint density at radius 1 is 1.27 bits per heavy atom. The van der Waals surface area contributed by atoms with Crippen LogP contribution >= 0.6 is 0 Å². The Kier molecular flexibility index (Phi) is 6.01. The standard InChI is InChI=1S/C19H25N5O2/c1-13-3-4-17(26-2)16(9-13)24-19(25)11-21-18-10-15(22-12-23-18)14-5-7-20-8-6-14/h3-4,9-10,12,14,20H,5-8,11H2,1-2H3,(H,24,25)(H,21,22,23). The molecule has 0 saturated carbocycles. The van der Waals surface area contributed by atoms with Gasteiger partial charge in [0.05, 0.1) is 19.3 Å². The number of carbonyl (C=O) groups is 1. The maximum absolute atomic E-state index is 12.3. The number of ether oxygens (including phenoxy) is 1. The summed E-state index contributed by atoms with van der Waals surface area (Å²) in [6, 6.07) is 7.61. The van der Waals surface area contributed by atoms with Gasteiger partial charge in [-0.3, -0.25) is 4.79 Å². The first kappa shape index (κ1) is 18.1. The topological polar surface area (TPSA) is 88.2 Å². The third kappa shape index (κ3) is 4.70. The molecule has 0 radical (unpaired) electrons. The Bertz CT molecular complexity index is 759. The van der Waals surface area contributed by atoms with Gasteiger partial charge in [-0.1, -0.05) is 6.07 Å². The van der Waals surface area contributed by atoms with Crippen LogP contribution in [-0.2, 0) is 4.79 Å². The molecule has 2 heterocycles. The fourth-order valence-electron chi connectivity index (χ4n) is 3.09. The Morgan fingerprint density at radius 3 is 2.85 bits per heavy atom. The predicted octanol–water partition coefficient (Wildman–Crippen LogP) is 2.31. The lowest BCUT2D eigenvalue weighted by molar-refractivity contribution is -0.114. The second-order valence-corrected chi connectivity index (χ2v) is 6.46. The maximum Gasteiger partial charge on any atom is 0.243 e. The van der Waals surface area contributed by atoms with E-state index in [-0.39, 0.29) is 12.5 Å². The molecule has 0 spiro atoms. The average Bonchev–Trinajstić information content (AvgIpc) is 2.67. The van der Waals surface area contributed by atoms with E-state index in [4.69, 9.17) is 4.74 Å². The van der Waals surface area contributed by atoms with Crippen LogP contribution in [0, 0.1) is 6.92 Å². The van der Waals surface area contributed by atoms with Crippen molar-refractivity contribution in [2.45, 2.75) is 25.7 Å². The molecule has 0 bridgehead atoms. The van der Waals surface area contributed by atoms with E-state index in [1.807, 2.05) is 31.2 Å². The van der Waals surface area contributed by atoms with E-state index in [1.54, 1.807) is 13.4 Å². The van der Waals surface area contributed by atoms with Crippen LogP contribution in [0.1, 0.15) is 30.0 Å². The zero-order valence-corrected chi connectivity index (χ0v) is 15.2. The largest absolute Gasteiger partial charge is 0.495 e. The van der Waals surface area contributed by atoms with Crippen molar-refractivity contribution in [3.8, 4) is 5.75 Å². The SMILES string of the molecule is COc1ccc(C)cc1NC(=O)CNc1cc(C2CCNCC2)ncn1. The number of anilines is 2. The summed E-state index contributed by atoms with van der Waals surface area (Å²) >= 11 is 0. The van der Waals surface area contributed by atoms with Gasteiger partial charge in [0.1, 0.15) is 17.9 Å². The van der Waals surface area contributed by atoms with Gasteiger partial charge in [0.2, 0.25) is 5.91 Å². The molecule has 0 unspecified atom stereocenters. The lowest BCUT2D eigenvalue weighted by Crippen LogP contribution is -2.27. The van der Waals surface area contributed by atoms with Gasteiger partial charge in [-0.2, -0.15) is 0 Å². The summed E-state index contributed by atoms with van der Waals surface area (Å²) in [5.74, 6) is 1.60. The number of benzene rings is 1. The number of rotatable bonds is 6. The van der Waals surface area contributed by atoms with Crippen LogP contribution in [0.25, 0.3) is 0 Å². The molecule has 0 aliphatic carbocycles. The lowest BCUT2D eigenvalue weighted by Gasteiger charge is -2.22. The van der Waals surface area contributed by atoms with E-state index >= 15 is 0 Å². The first-order chi connectivity index (χ1) is 12.7. The third-order valence-electron chi connectivity index (χ3n) is 4.50. The maximum atomic E-state index is 12.3. The number of aryl methyl sites for hydroxylation is 1. The van der Waals surface area contributed by atoms with Gasteiger partial charge < -0.3 is 20.7 Å². The van der Waals surface area contributed by atoms with Crippen LogP contribution in [0.5, 0.6) is 5.75 Å². The van der Waals surface area contributed by atoms with Gasteiger partial charge in [-0.25, -0.2) is 9.97 Å². The Morgan fingerprint density at radius 2 is 2.08 bits per heavy atom. The highest BCUT2D eigenvalue weighted by atomic mass is 16.5. The first-order valence-electron chi connectivity index (χ1n) is 8.86. The van der Waals surface area contributed by atoms with Crippen molar-refractivity contribution in [1.29, 1.82) is 0 Å². The molecular weight excluding hydrogens is 330 g/mol. The molecule has 2 aromatic rings. The molecule has 0 atom stereocenters. The average molecular weight is 355 g/mol. The smallest absolute Gasteiger partial charge is 0.243 e. The number of hydrogen-bond acceptors (Lipinski definition) is 6. The van der Waals surface area contributed by atoms with E-state index in [2.05, 4.69) is 25.9 Å². The number of methoxy groups -OCH3 is 1. The normalized spacial score (nSPS) is 14.7. The summed E-state index contributed by atoms with van der Waals surface area (Å²) < 4.78 is 5.29. The van der Waals surface area contributed by atoms with Gasteiger partial charge in [0.25, 0.3) is 0 Å². The summed E-state index contributed by atoms with van der Waals surface area (Å²) in [5.41, 5.74) is 2.75. The molecule has 1 fully saturated rings. The highest BCUT2D eigenvalue weighted by Gasteiger charge is 2.17. The number of carbonyl (C=O) groups excluding carboxylic acids is 1. The molecule has 1 saturated heterocycles. The van der Waals surface area contributed by atoms with Crippen molar-refractivity contribution in [3.63, 3.8) is 0 Å². The fraction of sp³-hybridized carbons (Fsp3) is 0.421. The highest BCUT2D eigenvalue weighted by molar-refractivity contribution is 5.95. The van der Waals surface area contributed by atoms with Gasteiger partial charge in [-0.05, 0) is 50.6 Å². The molecule has 138 valence electrons. The van der Waals surface area contributed by atoms with E-state index in [1.165, 1.54) is 0 Å². The van der Waals surface area contributed by atoms with Crippen molar-refractivity contribution in [1.82, 2.24) is 15.3 Å². The van der Waals surface area contributed by atoms with Crippen molar-refractivity contribution in [2.24, 2.45) is 0 Å². The van der Waals surface area contributed by atoms with E-state index in [0.717, 1.165) is 37.2 Å². The Labute approximate surface area is 153 Å². The molecule has 1 aromatic heterocycles. The summed E-state index contributed by atoms with van der Waals surface area (Å²) in [7, 11) is 1.59. The molecule has 26 heavy (non-hydrogen) atoms. The number of hydrogen-bond donors (Lipinski definition) is 3. The molecule has 1 aromatic carbocycles. The Balaban J connectivity index is 1.58. The molecule has 1 amide bonds. The molecule has 1 aliphatic rings. The summed E-state index contributed by atoms with van der Waals surface area (Å²) in [6.07, 6.45) is 3.70. The number of piperidine rings is 1. The van der Waals surface area contributed by atoms with Crippen molar-refractivity contribution in [2.75, 3.05) is 37.4 Å². The molecule has 7 heteroatoms. The number of nitrogens with one attached hydrogen (secondary N) is 3. The monoisotopic (exact) mass is 355 g/mol. The van der Waals surface area contributed by atoms with Gasteiger partial charge in [0, 0.05) is 17.7 Å². The minimum Gasteiger partial charge on any atom is -0.495 e. The van der Waals surface area contributed by atoms with Crippen LogP contribution in [0.2, 0.25) is 0 Å².